The molecule has 4 N–H and O–H groups in total. The van der Waals surface area contributed by atoms with E-state index in [0.717, 1.165) is 0 Å². The van der Waals surface area contributed by atoms with E-state index in [1.54, 1.807) is 18.7 Å². The number of imide groups is 1. The number of aliphatic hydroxyl groups excluding tert-OH is 2. The lowest BCUT2D eigenvalue weighted by Gasteiger charge is -2.14. The highest BCUT2D eigenvalue weighted by Crippen LogP contribution is 2.08. The maximum absolute atomic E-state index is 11.4. The molecule has 0 aromatic carbocycles. The van der Waals surface area contributed by atoms with Crippen LogP contribution in [-0.2, 0) is 4.79 Å². The summed E-state index contributed by atoms with van der Waals surface area (Å²) in [5, 5.41) is 23.3. The van der Waals surface area contributed by atoms with Crippen LogP contribution in [0.15, 0.2) is 0 Å². The smallest absolute Gasteiger partial charge is 0.321 e. The first kappa shape index (κ1) is 13.9. The molecule has 1 rings (SSSR count). The molecule has 1 fully saturated rings. The highest BCUT2D eigenvalue weighted by molar-refractivity contribution is 5.95. The molecule has 0 spiro atoms. The van der Waals surface area contributed by atoms with E-state index >= 15 is 0 Å². The Hall–Kier alpha value is -1.18. The molecule has 0 saturated carbocycles. The molecular weight excluding hydrogens is 226 g/mol. The first-order valence-electron chi connectivity index (χ1n) is 5.57. The molecule has 98 valence electrons. The molecule has 0 radical (unpaired) electrons. The molecule has 1 aliphatic rings. The summed E-state index contributed by atoms with van der Waals surface area (Å²) in [5.74, 6) is -0.454. The number of carbonyl (C=O) groups excluding carboxylic acids is 2. The van der Waals surface area contributed by atoms with E-state index in [1.165, 1.54) is 0 Å². The Morgan fingerprint density at radius 1 is 1.29 bits per heavy atom. The molecule has 1 saturated heterocycles. The molecule has 0 aliphatic carbocycles. The van der Waals surface area contributed by atoms with Crippen LogP contribution < -0.4 is 10.6 Å². The Labute approximate surface area is 99.8 Å². The van der Waals surface area contributed by atoms with Gasteiger partial charge in [-0.25, -0.2) is 4.79 Å². The standard InChI is InChI=1S/C10H19N3O4/c1-6(2)11-10(17)12-9(16)5-13-3-7(14)8(15)4-13/h6-8,14-15H,3-5H2,1-2H3,(H2,11,12,16,17). The van der Waals surface area contributed by atoms with Crippen molar-refractivity contribution < 1.29 is 19.8 Å². The molecule has 0 aromatic rings. The number of aliphatic hydroxyl groups is 2. The van der Waals surface area contributed by atoms with Gasteiger partial charge in [-0.3, -0.25) is 15.0 Å². The van der Waals surface area contributed by atoms with Gasteiger partial charge in [0.2, 0.25) is 5.91 Å². The van der Waals surface area contributed by atoms with Crippen molar-refractivity contribution >= 4 is 11.9 Å². The van der Waals surface area contributed by atoms with Gasteiger partial charge in [0, 0.05) is 19.1 Å². The average Bonchev–Trinajstić information content (AvgIpc) is 2.43. The summed E-state index contributed by atoms with van der Waals surface area (Å²) in [4.78, 5) is 24.2. The summed E-state index contributed by atoms with van der Waals surface area (Å²) in [6.07, 6.45) is -1.65. The number of likely N-dealkylation sites (tertiary alicyclic amines) is 1. The zero-order valence-corrected chi connectivity index (χ0v) is 10.0. The number of β-amino-alcohol motifs (C(OH)–C–C–N with tert-alkyl or cyclic N) is 2. The third kappa shape index (κ3) is 4.68. The van der Waals surface area contributed by atoms with Crippen LogP contribution in [0.2, 0.25) is 0 Å². The Balaban J connectivity index is 2.28. The van der Waals surface area contributed by atoms with Gasteiger partial charge in [-0.15, -0.1) is 0 Å². The van der Waals surface area contributed by atoms with Gasteiger partial charge in [0.05, 0.1) is 18.8 Å². The highest BCUT2D eigenvalue weighted by atomic mass is 16.3. The number of carbonyl (C=O) groups is 2. The van der Waals surface area contributed by atoms with E-state index in [9.17, 15) is 19.8 Å². The van der Waals surface area contributed by atoms with Crippen LogP contribution >= 0.6 is 0 Å². The fourth-order valence-electron chi connectivity index (χ4n) is 1.64. The minimum Gasteiger partial charge on any atom is -0.389 e. The number of hydrogen-bond donors (Lipinski definition) is 4. The molecule has 7 heteroatoms. The molecule has 1 heterocycles. The molecule has 2 atom stereocenters. The third-order valence-electron chi connectivity index (χ3n) is 2.37. The summed E-state index contributed by atoms with van der Waals surface area (Å²) in [6, 6.07) is -0.580. The van der Waals surface area contributed by atoms with Crippen LogP contribution in [0.4, 0.5) is 4.79 Å². The minimum atomic E-state index is -0.827. The lowest BCUT2D eigenvalue weighted by atomic mass is 10.3. The van der Waals surface area contributed by atoms with Gasteiger partial charge in [0.1, 0.15) is 0 Å². The van der Waals surface area contributed by atoms with E-state index in [4.69, 9.17) is 0 Å². The highest BCUT2D eigenvalue weighted by Gasteiger charge is 2.30. The van der Waals surface area contributed by atoms with Crippen LogP contribution in [-0.4, -0.2) is 64.9 Å². The SMILES string of the molecule is CC(C)NC(=O)NC(=O)CN1CC(O)C(O)C1. The lowest BCUT2D eigenvalue weighted by molar-refractivity contribution is -0.121. The Kier molecular flexibility index (Phi) is 4.86. The van der Waals surface area contributed by atoms with Crippen molar-refractivity contribution in [2.75, 3.05) is 19.6 Å². The van der Waals surface area contributed by atoms with Crippen molar-refractivity contribution in [2.45, 2.75) is 32.1 Å². The lowest BCUT2D eigenvalue weighted by Crippen LogP contribution is -2.46. The van der Waals surface area contributed by atoms with Gasteiger partial charge in [0.25, 0.3) is 0 Å². The summed E-state index contributed by atoms with van der Waals surface area (Å²) in [5.41, 5.74) is 0. The van der Waals surface area contributed by atoms with Crippen molar-refractivity contribution in [3.63, 3.8) is 0 Å². The molecule has 7 nitrogen and oxygen atoms in total. The summed E-state index contributed by atoms with van der Waals surface area (Å²) in [7, 11) is 0. The Bertz CT molecular complexity index is 285. The largest absolute Gasteiger partial charge is 0.389 e. The second kappa shape index (κ2) is 5.95. The second-order valence-corrected chi connectivity index (χ2v) is 4.51. The zero-order chi connectivity index (χ0) is 13.0. The van der Waals surface area contributed by atoms with Gasteiger partial charge in [-0.1, -0.05) is 0 Å². The van der Waals surface area contributed by atoms with E-state index in [-0.39, 0.29) is 25.7 Å². The van der Waals surface area contributed by atoms with Gasteiger partial charge < -0.3 is 15.5 Å². The Morgan fingerprint density at radius 3 is 2.29 bits per heavy atom. The average molecular weight is 245 g/mol. The van der Waals surface area contributed by atoms with Crippen LogP contribution in [0, 0.1) is 0 Å². The van der Waals surface area contributed by atoms with Gasteiger partial charge in [-0.05, 0) is 13.8 Å². The number of nitrogens with one attached hydrogen (secondary N) is 2. The van der Waals surface area contributed by atoms with Crippen LogP contribution in [0.3, 0.4) is 0 Å². The predicted octanol–water partition coefficient (Wildman–Crippen LogP) is -1.74. The monoisotopic (exact) mass is 245 g/mol. The van der Waals surface area contributed by atoms with Crippen molar-refractivity contribution in [3.05, 3.63) is 0 Å². The predicted molar refractivity (Wildman–Crippen MR) is 60.3 cm³/mol. The number of rotatable bonds is 3. The molecule has 0 bridgehead atoms. The maximum Gasteiger partial charge on any atom is 0.321 e. The van der Waals surface area contributed by atoms with Gasteiger partial charge >= 0.3 is 6.03 Å². The van der Waals surface area contributed by atoms with E-state index < -0.39 is 24.1 Å². The van der Waals surface area contributed by atoms with Gasteiger partial charge in [0.15, 0.2) is 0 Å². The number of urea groups is 1. The number of nitrogens with zero attached hydrogens (tertiary/aromatic N) is 1. The van der Waals surface area contributed by atoms with Crippen molar-refractivity contribution in [1.29, 1.82) is 0 Å². The number of hydrogen-bond acceptors (Lipinski definition) is 5. The fraction of sp³-hybridized carbons (Fsp3) is 0.800. The normalized spacial score (nSPS) is 25.0. The third-order valence-corrected chi connectivity index (χ3v) is 2.37. The van der Waals surface area contributed by atoms with E-state index in [2.05, 4.69) is 10.6 Å². The fourth-order valence-corrected chi connectivity index (χ4v) is 1.64. The van der Waals surface area contributed by atoms with Crippen molar-refractivity contribution in [2.24, 2.45) is 0 Å². The molecular formula is C10H19N3O4. The summed E-state index contributed by atoms with van der Waals surface area (Å²) >= 11 is 0. The van der Waals surface area contributed by atoms with Crippen LogP contribution in [0.1, 0.15) is 13.8 Å². The minimum absolute atomic E-state index is 0.0143. The summed E-state index contributed by atoms with van der Waals surface area (Å²) < 4.78 is 0. The van der Waals surface area contributed by atoms with Gasteiger partial charge in [-0.2, -0.15) is 0 Å². The Morgan fingerprint density at radius 2 is 1.82 bits per heavy atom. The molecule has 17 heavy (non-hydrogen) atoms. The van der Waals surface area contributed by atoms with Crippen LogP contribution in [0.25, 0.3) is 0 Å². The van der Waals surface area contributed by atoms with E-state index in [1.807, 2.05) is 0 Å². The molecule has 1 aliphatic heterocycles. The molecule has 0 aromatic heterocycles. The molecule has 2 unspecified atom stereocenters. The number of amides is 3. The van der Waals surface area contributed by atoms with Crippen molar-refractivity contribution in [3.8, 4) is 0 Å². The zero-order valence-electron chi connectivity index (χ0n) is 10.0. The van der Waals surface area contributed by atoms with Crippen molar-refractivity contribution in [1.82, 2.24) is 15.5 Å². The first-order valence-corrected chi connectivity index (χ1v) is 5.57. The molecule has 3 amide bonds. The first-order chi connectivity index (χ1) is 7.88. The second-order valence-electron chi connectivity index (χ2n) is 4.51. The quantitative estimate of drug-likeness (QED) is 0.473. The summed E-state index contributed by atoms with van der Waals surface area (Å²) in [6.45, 7) is 4.04. The topological polar surface area (TPSA) is 102 Å². The van der Waals surface area contributed by atoms with E-state index in [0.29, 0.717) is 0 Å². The van der Waals surface area contributed by atoms with Crippen LogP contribution in [0.5, 0.6) is 0 Å². The maximum atomic E-state index is 11.4.